The molecule has 0 atom stereocenters. The first-order chi connectivity index (χ1) is 9.61. The van der Waals surface area contributed by atoms with Crippen LogP contribution in [0.1, 0.15) is 36.1 Å². The maximum Gasteiger partial charge on any atom is 0.133 e. The fourth-order valence-electron chi connectivity index (χ4n) is 2.46. The van der Waals surface area contributed by atoms with Gasteiger partial charge in [0.25, 0.3) is 0 Å². The van der Waals surface area contributed by atoms with E-state index in [2.05, 4.69) is 37.2 Å². The monoisotopic (exact) mass is 277 g/mol. The molecule has 1 fully saturated rings. The summed E-state index contributed by atoms with van der Waals surface area (Å²) in [5.41, 5.74) is 3.76. The summed E-state index contributed by atoms with van der Waals surface area (Å²) in [4.78, 5) is 7.01. The molecule has 1 aliphatic rings. The van der Waals surface area contributed by atoms with Gasteiger partial charge in [-0.15, -0.1) is 0 Å². The second-order valence-electron chi connectivity index (χ2n) is 5.81. The van der Waals surface area contributed by atoms with Gasteiger partial charge in [-0.25, -0.2) is 4.98 Å². The second-order valence-corrected chi connectivity index (χ2v) is 5.81. The predicted molar refractivity (Wildman–Crippen MR) is 83.3 cm³/mol. The van der Waals surface area contributed by atoms with Gasteiger partial charge in [0.1, 0.15) is 5.82 Å². The van der Waals surface area contributed by atoms with E-state index in [1.165, 1.54) is 24.0 Å². The number of ether oxygens (including phenoxy) is 1. The molecule has 1 aromatic rings. The number of aromatic nitrogens is 1. The van der Waals surface area contributed by atoms with Gasteiger partial charge in [0.15, 0.2) is 0 Å². The molecule has 1 heterocycles. The zero-order valence-corrected chi connectivity index (χ0v) is 13.2. The summed E-state index contributed by atoms with van der Waals surface area (Å²) in [6, 6.07) is 2.90. The van der Waals surface area contributed by atoms with Gasteiger partial charge in [0.2, 0.25) is 0 Å². The first-order valence-electron chi connectivity index (χ1n) is 7.52. The van der Waals surface area contributed by atoms with Crippen LogP contribution in [0.5, 0.6) is 0 Å². The van der Waals surface area contributed by atoms with E-state index >= 15 is 0 Å². The molecule has 4 heteroatoms. The lowest BCUT2D eigenvalue weighted by atomic mass is 10.1. The largest absolute Gasteiger partial charge is 0.385 e. The summed E-state index contributed by atoms with van der Waals surface area (Å²) in [6.07, 6.45) is 3.66. The first kappa shape index (κ1) is 15.3. The molecule has 2 rings (SSSR count). The predicted octanol–water partition coefficient (Wildman–Crippen LogP) is 2.42. The van der Waals surface area contributed by atoms with E-state index in [0.717, 1.165) is 43.7 Å². The van der Waals surface area contributed by atoms with E-state index in [-0.39, 0.29) is 0 Å². The maximum absolute atomic E-state index is 5.13. The van der Waals surface area contributed by atoms with Crippen LogP contribution in [0.15, 0.2) is 6.07 Å². The van der Waals surface area contributed by atoms with Crippen LogP contribution >= 0.6 is 0 Å². The average Bonchev–Trinajstić information content (AvgIpc) is 3.21. The molecular weight excluding hydrogens is 250 g/mol. The van der Waals surface area contributed by atoms with Crippen molar-refractivity contribution in [2.24, 2.45) is 0 Å². The molecule has 20 heavy (non-hydrogen) atoms. The van der Waals surface area contributed by atoms with Crippen LogP contribution in [0.25, 0.3) is 0 Å². The van der Waals surface area contributed by atoms with Crippen molar-refractivity contribution in [3.63, 3.8) is 0 Å². The molecule has 1 aliphatic carbocycles. The summed E-state index contributed by atoms with van der Waals surface area (Å²) < 4.78 is 5.13. The van der Waals surface area contributed by atoms with Crippen molar-refractivity contribution in [2.75, 3.05) is 32.2 Å². The van der Waals surface area contributed by atoms with Crippen molar-refractivity contribution in [1.82, 2.24) is 10.3 Å². The Morgan fingerprint density at radius 3 is 2.80 bits per heavy atom. The Labute approximate surface area is 122 Å². The SMILES string of the molecule is COCCCN(C)c1nc(C)cc(C)c1CNC1CC1. The Morgan fingerprint density at radius 1 is 1.40 bits per heavy atom. The van der Waals surface area contributed by atoms with E-state index in [9.17, 15) is 0 Å². The van der Waals surface area contributed by atoms with Crippen LogP contribution in [0.2, 0.25) is 0 Å². The Kier molecular flexibility index (Phi) is 5.38. The number of methoxy groups -OCH3 is 1. The van der Waals surface area contributed by atoms with E-state index in [4.69, 9.17) is 9.72 Å². The lowest BCUT2D eigenvalue weighted by Crippen LogP contribution is -2.25. The van der Waals surface area contributed by atoms with Crippen LogP contribution in [0.3, 0.4) is 0 Å². The number of nitrogens with one attached hydrogen (secondary N) is 1. The van der Waals surface area contributed by atoms with Crippen molar-refractivity contribution in [3.05, 3.63) is 22.9 Å². The highest BCUT2D eigenvalue weighted by Crippen LogP contribution is 2.24. The first-order valence-corrected chi connectivity index (χ1v) is 7.52. The summed E-state index contributed by atoms with van der Waals surface area (Å²) in [7, 11) is 3.87. The molecule has 112 valence electrons. The molecule has 0 unspecified atom stereocenters. The van der Waals surface area contributed by atoms with Gasteiger partial charge in [-0.05, 0) is 44.7 Å². The zero-order chi connectivity index (χ0) is 14.5. The molecule has 4 nitrogen and oxygen atoms in total. The van der Waals surface area contributed by atoms with Gasteiger partial charge >= 0.3 is 0 Å². The van der Waals surface area contributed by atoms with Gasteiger partial charge in [0.05, 0.1) is 0 Å². The summed E-state index contributed by atoms with van der Waals surface area (Å²) >= 11 is 0. The van der Waals surface area contributed by atoms with Crippen molar-refractivity contribution in [3.8, 4) is 0 Å². The average molecular weight is 277 g/mol. The molecular formula is C16H27N3O. The highest BCUT2D eigenvalue weighted by molar-refractivity contribution is 5.51. The lowest BCUT2D eigenvalue weighted by molar-refractivity contribution is 0.196. The van der Waals surface area contributed by atoms with Crippen LogP contribution in [0.4, 0.5) is 5.82 Å². The van der Waals surface area contributed by atoms with Crippen LogP contribution in [0, 0.1) is 13.8 Å². The molecule has 0 amide bonds. The summed E-state index contributed by atoms with van der Waals surface area (Å²) in [5, 5.41) is 3.60. The van der Waals surface area contributed by atoms with Crippen LogP contribution in [-0.2, 0) is 11.3 Å². The fourth-order valence-corrected chi connectivity index (χ4v) is 2.46. The highest BCUT2D eigenvalue weighted by Gasteiger charge is 2.22. The van der Waals surface area contributed by atoms with Gasteiger partial charge in [0, 0.05) is 51.2 Å². The van der Waals surface area contributed by atoms with Crippen molar-refractivity contribution >= 4 is 5.82 Å². The number of anilines is 1. The smallest absolute Gasteiger partial charge is 0.133 e. The molecule has 1 N–H and O–H groups in total. The molecule has 1 saturated carbocycles. The van der Waals surface area contributed by atoms with Crippen LogP contribution < -0.4 is 10.2 Å². The zero-order valence-electron chi connectivity index (χ0n) is 13.2. The molecule has 0 aliphatic heterocycles. The standard InChI is InChI=1S/C16H27N3O/c1-12-10-13(2)18-16(19(3)8-5-9-20-4)15(12)11-17-14-6-7-14/h10,14,17H,5-9,11H2,1-4H3. The van der Waals surface area contributed by atoms with Gasteiger partial charge in [-0.3, -0.25) is 0 Å². The van der Waals surface area contributed by atoms with E-state index < -0.39 is 0 Å². The molecule has 1 aromatic heterocycles. The van der Waals surface area contributed by atoms with E-state index in [0.29, 0.717) is 0 Å². The summed E-state index contributed by atoms with van der Waals surface area (Å²) in [5.74, 6) is 1.12. The number of aryl methyl sites for hydroxylation is 2. The fraction of sp³-hybridized carbons (Fsp3) is 0.688. The Hall–Kier alpha value is -1.13. The van der Waals surface area contributed by atoms with Crippen LogP contribution in [-0.4, -0.2) is 38.3 Å². The minimum atomic E-state index is 0.724. The number of hydrogen-bond donors (Lipinski definition) is 1. The molecule has 0 aromatic carbocycles. The minimum Gasteiger partial charge on any atom is -0.385 e. The van der Waals surface area contributed by atoms with Crippen molar-refractivity contribution in [2.45, 2.75) is 45.7 Å². The number of nitrogens with zero attached hydrogens (tertiary/aromatic N) is 2. The molecule has 0 saturated heterocycles. The molecule has 0 radical (unpaired) electrons. The third-order valence-electron chi connectivity index (χ3n) is 3.80. The Bertz CT molecular complexity index is 444. The number of rotatable bonds is 8. The third-order valence-corrected chi connectivity index (χ3v) is 3.80. The lowest BCUT2D eigenvalue weighted by Gasteiger charge is -2.23. The number of hydrogen-bond acceptors (Lipinski definition) is 4. The third kappa shape index (κ3) is 4.18. The number of pyridine rings is 1. The van der Waals surface area contributed by atoms with Gasteiger partial charge in [-0.1, -0.05) is 0 Å². The Morgan fingerprint density at radius 2 is 2.15 bits per heavy atom. The van der Waals surface area contributed by atoms with E-state index in [1.807, 2.05) is 0 Å². The highest BCUT2D eigenvalue weighted by atomic mass is 16.5. The van der Waals surface area contributed by atoms with Gasteiger partial charge in [-0.2, -0.15) is 0 Å². The molecule has 0 spiro atoms. The summed E-state index contributed by atoms with van der Waals surface area (Å²) in [6.45, 7) is 6.95. The topological polar surface area (TPSA) is 37.4 Å². The quantitative estimate of drug-likeness (QED) is 0.741. The minimum absolute atomic E-state index is 0.724. The molecule has 0 bridgehead atoms. The maximum atomic E-state index is 5.13. The Balaban J connectivity index is 2.10. The van der Waals surface area contributed by atoms with Gasteiger partial charge < -0.3 is 15.0 Å². The van der Waals surface area contributed by atoms with Crippen molar-refractivity contribution < 1.29 is 4.74 Å². The van der Waals surface area contributed by atoms with Crippen molar-refractivity contribution in [1.29, 1.82) is 0 Å². The normalized spacial score (nSPS) is 14.6. The van der Waals surface area contributed by atoms with E-state index in [1.54, 1.807) is 7.11 Å². The second kappa shape index (κ2) is 7.04.